The number of ether oxygens (including phenoxy) is 1. The third kappa shape index (κ3) is 4.35. The predicted octanol–water partition coefficient (Wildman–Crippen LogP) is 3.75. The topological polar surface area (TPSA) is 38.3 Å². The van der Waals surface area contributed by atoms with Gasteiger partial charge >= 0.3 is 5.97 Å². The number of esters is 1. The molecular formula is C18H21NO2. The van der Waals surface area contributed by atoms with Crippen molar-refractivity contribution >= 4 is 11.7 Å². The summed E-state index contributed by atoms with van der Waals surface area (Å²) in [5.74, 6) is -0.490. The van der Waals surface area contributed by atoms with Crippen molar-refractivity contribution in [2.75, 3.05) is 18.5 Å². The van der Waals surface area contributed by atoms with Gasteiger partial charge in [-0.2, -0.15) is 0 Å². The highest BCUT2D eigenvalue weighted by Crippen LogP contribution is 2.19. The first-order valence-corrected chi connectivity index (χ1v) is 7.23. The lowest BCUT2D eigenvalue weighted by Gasteiger charge is -2.17. The van der Waals surface area contributed by atoms with Crippen molar-refractivity contribution in [3.8, 4) is 0 Å². The van der Waals surface area contributed by atoms with E-state index in [1.165, 1.54) is 5.56 Å². The van der Waals surface area contributed by atoms with Crippen LogP contribution in [-0.4, -0.2) is 19.1 Å². The zero-order valence-corrected chi connectivity index (χ0v) is 12.5. The van der Waals surface area contributed by atoms with Gasteiger partial charge in [-0.05, 0) is 31.5 Å². The summed E-state index contributed by atoms with van der Waals surface area (Å²) in [5.41, 5.74) is 3.19. The lowest BCUT2D eigenvalue weighted by Crippen LogP contribution is -2.23. The maximum absolute atomic E-state index is 12.2. The van der Waals surface area contributed by atoms with Gasteiger partial charge in [0.25, 0.3) is 0 Å². The van der Waals surface area contributed by atoms with Crippen LogP contribution in [0.2, 0.25) is 0 Å². The Hall–Kier alpha value is -2.29. The van der Waals surface area contributed by atoms with Crippen molar-refractivity contribution in [3.63, 3.8) is 0 Å². The molecule has 0 saturated heterocycles. The van der Waals surface area contributed by atoms with Crippen LogP contribution in [0.5, 0.6) is 0 Å². The predicted molar refractivity (Wildman–Crippen MR) is 85.5 cm³/mol. The van der Waals surface area contributed by atoms with Crippen molar-refractivity contribution < 1.29 is 9.53 Å². The molecule has 0 aliphatic carbocycles. The molecule has 0 aliphatic rings. The average Bonchev–Trinajstić information content (AvgIpc) is 2.51. The first kappa shape index (κ1) is 15.1. The lowest BCUT2D eigenvalue weighted by molar-refractivity contribution is -0.144. The quantitative estimate of drug-likeness (QED) is 0.820. The highest BCUT2D eigenvalue weighted by Gasteiger charge is 2.21. The van der Waals surface area contributed by atoms with Crippen LogP contribution in [-0.2, 0) is 9.53 Å². The van der Waals surface area contributed by atoms with Crippen molar-refractivity contribution in [1.29, 1.82) is 0 Å². The third-order valence-corrected chi connectivity index (χ3v) is 3.33. The van der Waals surface area contributed by atoms with Gasteiger partial charge in [0, 0.05) is 12.2 Å². The second-order valence-electron chi connectivity index (χ2n) is 4.96. The number of rotatable bonds is 6. The second-order valence-corrected chi connectivity index (χ2v) is 4.96. The minimum Gasteiger partial charge on any atom is -0.465 e. The van der Waals surface area contributed by atoms with Crippen LogP contribution in [0.3, 0.4) is 0 Å². The number of nitrogens with one attached hydrogen (secondary N) is 1. The van der Waals surface area contributed by atoms with Crippen molar-refractivity contribution in [3.05, 3.63) is 65.7 Å². The van der Waals surface area contributed by atoms with Gasteiger partial charge in [0.2, 0.25) is 0 Å². The summed E-state index contributed by atoms with van der Waals surface area (Å²) in [6, 6.07) is 17.9. The van der Waals surface area contributed by atoms with Crippen LogP contribution in [0, 0.1) is 6.92 Å². The molecule has 1 atom stereocenters. The van der Waals surface area contributed by atoms with Gasteiger partial charge in [-0.25, -0.2) is 0 Å². The van der Waals surface area contributed by atoms with Crippen molar-refractivity contribution in [2.45, 2.75) is 19.8 Å². The summed E-state index contributed by atoms with van der Waals surface area (Å²) in [7, 11) is 0. The van der Waals surface area contributed by atoms with E-state index < -0.39 is 0 Å². The largest absolute Gasteiger partial charge is 0.465 e. The SMILES string of the molecule is CCOC(=O)C(CNc1ccc(C)cc1)c1ccccc1. The molecule has 0 spiro atoms. The van der Waals surface area contributed by atoms with Gasteiger partial charge in [-0.3, -0.25) is 4.79 Å². The second kappa shape index (κ2) is 7.48. The molecule has 0 saturated carbocycles. The molecule has 3 heteroatoms. The molecule has 110 valence electrons. The summed E-state index contributed by atoms with van der Waals surface area (Å²) in [6.07, 6.45) is 0. The Kier molecular flexibility index (Phi) is 5.38. The Morgan fingerprint density at radius 1 is 1.10 bits per heavy atom. The van der Waals surface area contributed by atoms with Crippen molar-refractivity contribution in [1.82, 2.24) is 0 Å². The summed E-state index contributed by atoms with van der Waals surface area (Å²) in [5, 5.41) is 3.31. The molecule has 0 amide bonds. The molecule has 0 fully saturated rings. The molecule has 0 radical (unpaired) electrons. The maximum Gasteiger partial charge on any atom is 0.315 e. The molecule has 0 aromatic heterocycles. The molecule has 2 aromatic carbocycles. The highest BCUT2D eigenvalue weighted by molar-refractivity contribution is 5.79. The van der Waals surface area contributed by atoms with Gasteiger partial charge in [0.15, 0.2) is 0 Å². The first-order chi connectivity index (χ1) is 10.2. The van der Waals surface area contributed by atoms with Crippen LogP contribution in [0.1, 0.15) is 24.0 Å². The molecule has 1 unspecified atom stereocenters. The summed E-state index contributed by atoms with van der Waals surface area (Å²) < 4.78 is 5.19. The fraction of sp³-hybridized carbons (Fsp3) is 0.278. The van der Waals surface area contributed by atoms with Crippen LogP contribution in [0.4, 0.5) is 5.69 Å². The van der Waals surface area contributed by atoms with Crippen LogP contribution in [0.15, 0.2) is 54.6 Å². The minimum absolute atomic E-state index is 0.191. The monoisotopic (exact) mass is 283 g/mol. The molecule has 1 N–H and O–H groups in total. The Balaban J connectivity index is 2.09. The van der Waals surface area contributed by atoms with E-state index in [4.69, 9.17) is 4.74 Å². The number of aryl methyl sites for hydroxylation is 1. The maximum atomic E-state index is 12.2. The Morgan fingerprint density at radius 2 is 1.76 bits per heavy atom. The van der Waals surface area contributed by atoms with E-state index in [0.29, 0.717) is 13.2 Å². The van der Waals surface area contributed by atoms with Gasteiger partial charge in [0.1, 0.15) is 0 Å². The lowest BCUT2D eigenvalue weighted by atomic mass is 9.99. The number of carbonyl (C=O) groups is 1. The fourth-order valence-corrected chi connectivity index (χ4v) is 2.16. The number of hydrogen-bond donors (Lipinski definition) is 1. The normalized spacial score (nSPS) is 11.7. The van der Waals surface area contributed by atoms with E-state index in [1.54, 1.807) is 0 Å². The molecule has 2 aromatic rings. The molecule has 3 nitrogen and oxygen atoms in total. The summed E-state index contributed by atoms with van der Waals surface area (Å²) in [6.45, 7) is 4.79. The Bertz CT molecular complexity index is 564. The van der Waals surface area contributed by atoms with E-state index in [-0.39, 0.29) is 11.9 Å². The van der Waals surface area contributed by atoms with E-state index in [2.05, 4.69) is 12.2 Å². The van der Waals surface area contributed by atoms with Gasteiger partial charge in [-0.15, -0.1) is 0 Å². The van der Waals surface area contributed by atoms with E-state index in [9.17, 15) is 4.79 Å². The van der Waals surface area contributed by atoms with E-state index >= 15 is 0 Å². The Labute approximate surface area is 126 Å². The average molecular weight is 283 g/mol. The van der Waals surface area contributed by atoms with Gasteiger partial charge in [0.05, 0.1) is 12.5 Å². The smallest absolute Gasteiger partial charge is 0.315 e. The Morgan fingerprint density at radius 3 is 2.38 bits per heavy atom. The fourth-order valence-electron chi connectivity index (χ4n) is 2.16. The minimum atomic E-state index is -0.299. The molecule has 2 rings (SSSR count). The zero-order chi connectivity index (χ0) is 15.1. The summed E-state index contributed by atoms with van der Waals surface area (Å²) in [4.78, 5) is 12.2. The number of carbonyl (C=O) groups excluding carboxylic acids is 1. The molecule has 0 bridgehead atoms. The van der Waals surface area contributed by atoms with Crippen LogP contribution >= 0.6 is 0 Å². The molecule has 0 heterocycles. The molecule has 0 aliphatic heterocycles. The summed E-state index contributed by atoms with van der Waals surface area (Å²) >= 11 is 0. The third-order valence-electron chi connectivity index (χ3n) is 3.33. The highest BCUT2D eigenvalue weighted by atomic mass is 16.5. The zero-order valence-electron chi connectivity index (χ0n) is 12.5. The number of anilines is 1. The van der Waals surface area contributed by atoms with E-state index in [1.807, 2.05) is 61.5 Å². The van der Waals surface area contributed by atoms with Crippen LogP contribution in [0.25, 0.3) is 0 Å². The van der Waals surface area contributed by atoms with Gasteiger partial charge in [-0.1, -0.05) is 48.0 Å². The number of hydrogen-bond acceptors (Lipinski definition) is 3. The first-order valence-electron chi connectivity index (χ1n) is 7.23. The van der Waals surface area contributed by atoms with Crippen molar-refractivity contribution in [2.24, 2.45) is 0 Å². The molecular weight excluding hydrogens is 262 g/mol. The van der Waals surface area contributed by atoms with Crippen LogP contribution < -0.4 is 5.32 Å². The van der Waals surface area contributed by atoms with Gasteiger partial charge < -0.3 is 10.1 Å². The molecule has 21 heavy (non-hydrogen) atoms. The standard InChI is InChI=1S/C18H21NO2/c1-3-21-18(20)17(15-7-5-4-6-8-15)13-19-16-11-9-14(2)10-12-16/h4-12,17,19H,3,13H2,1-2H3. The van der Waals surface area contributed by atoms with E-state index in [0.717, 1.165) is 11.3 Å². The number of benzene rings is 2.